The summed E-state index contributed by atoms with van der Waals surface area (Å²) in [6, 6.07) is -0.626. The Balaban J connectivity index is 3.35. The average molecular weight is 1280 g/mol. The highest BCUT2D eigenvalue weighted by atomic mass is 16.5. The van der Waals surface area contributed by atoms with Crippen LogP contribution in [0.4, 0.5) is 0 Å². The second kappa shape index (κ2) is 80.3. The van der Waals surface area contributed by atoms with Gasteiger partial charge in [-0.1, -0.05) is 403 Å². The number of aliphatic hydroxyl groups excluding tert-OH is 2. The van der Waals surface area contributed by atoms with Crippen molar-refractivity contribution < 1.29 is 24.5 Å². The zero-order valence-corrected chi connectivity index (χ0v) is 61.6. The van der Waals surface area contributed by atoms with E-state index >= 15 is 0 Å². The first-order chi connectivity index (χ1) is 45.0. The number of hydrogen-bond acceptors (Lipinski definition) is 5. The van der Waals surface area contributed by atoms with Gasteiger partial charge in [0.05, 0.1) is 25.4 Å². The Morgan fingerprint density at radius 1 is 0.308 bits per heavy atom. The summed E-state index contributed by atoms with van der Waals surface area (Å²) in [5, 5.41) is 23.2. The van der Waals surface area contributed by atoms with Crippen LogP contribution < -0.4 is 5.32 Å². The second-order valence-electron chi connectivity index (χ2n) is 28.4. The van der Waals surface area contributed by atoms with Gasteiger partial charge in [-0.05, 0) is 89.9 Å². The van der Waals surface area contributed by atoms with Crippen LogP contribution in [0.15, 0.2) is 48.6 Å². The molecule has 2 unspecified atom stereocenters. The number of nitrogens with one attached hydrogen (secondary N) is 1. The van der Waals surface area contributed by atoms with E-state index in [2.05, 4.69) is 55.6 Å². The number of ether oxygens (including phenoxy) is 1. The first-order valence-corrected chi connectivity index (χ1v) is 41.4. The van der Waals surface area contributed by atoms with E-state index in [1.165, 1.54) is 385 Å². The van der Waals surface area contributed by atoms with E-state index in [1.807, 2.05) is 6.08 Å². The molecule has 536 valence electrons. The number of aliphatic hydroxyl groups is 2. The van der Waals surface area contributed by atoms with Crippen LogP contribution in [-0.2, 0) is 14.3 Å². The number of rotatable bonds is 78. The molecule has 2 atom stereocenters. The van der Waals surface area contributed by atoms with Crippen molar-refractivity contribution in [2.75, 3.05) is 13.2 Å². The van der Waals surface area contributed by atoms with E-state index in [4.69, 9.17) is 4.74 Å². The Kier molecular flexibility index (Phi) is 78.3. The van der Waals surface area contributed by atoms with Crippen LogP contribution in [0.3, 0.4) is 0 Å². The fourth-order valence-corrected chi connectivity index (χ4v) is 13.0. The van der Waals surface area contributed by atoms with Gasteiger partial charge in [-0.25, -0.2) is 0 Å². The van der Waals surface area contributed by atoms with Crippen LogP contribution >= 0.6 is 0 Å². The Morgan fingerprint density at radius 2 is 0.549 bits per heavy atom. The van der Waals surface area contributed by atoms with Crippen LogP contribution in [0, 0.1) is 0 Å². The number of carbonyl (C=O) groups is 2. The minimum atomic E-state index is -0.843. The van der Waals surface area contributed by atoms with Crippen LogP contribution in [0.2, 0.25) is 0 Å². The number of esters is 1. The van der Waals surface area contributed by atoms with Gasteiger partial charge in [-0.3, -0.25) is 9.59 Å². The summed E-state index contributed by atoms with van der Waals surface area (Å²) in [6.07, 6.45) is 107. The lowest BCUT2D eigenvalue weighted by Gasteiger charge is -2.20. The predicted molar refractivity (Wildman–Crippen MR) is 402 cm³/mol. The normalized spacial score (nSPS) is 12.7. The van der Waals surface area contributed by atoms with E-state index < -0.39 is 12.1 Å². The molecule has 0 aromatic carbocycles. The predicted octanol–water partition coefficient (Wildman–Crippen LogP) is 27.5. The Morgan fingerprint density at radius 3 is 0.846 bits per heavy atom. The van der Waals surface area contributed by atoms with Crippen LogP contribution in [0.25, 0.3) is 0 Å². The molecule has 0 rings (SSSR count). The van der Waals surface area contributed by atoms with Gasteiger partial charge >= 0.3 is 5.97 Å². The zero-order valence-electron chi connectivity index (χ0n) is 61.6. The molecule has 0 radical (unpaired) electrons. The Hall–Kier alpha value is -2.18. The third-order valence-corrected chi connectivity index (χ3v) is 19.3. The maximum atomic E-state index is 12.5. The van der Waals surface area contributed by atoms with Crippen LogP contribution in [0.5, 0.6) is 0 Å². The maximum absolute atomic E-state index is 12.5. The van der Waals surface area contributed by atoms with Crippen molar-refractivity contribution in [3.05, 3.63) is 48.6 Å². The van der Waals surface area contributed by atoms with Gasteiger partial charge in [-0.15, -0.1) is 0 Å². The van der Waals surface area contributed by atoms with Crippen molar-refractivity contribution in [2.24, 2.45) is 0 Å². The molecular formula is C85H161NO5. The minimum absolute atomic E-state index is 0.0203. The fraction of sp³-hybridized carbons (Fsp3) is 0.882. The van der Waals surface area contributed by atoms with E-state index in [9.17, 15) is 19.8 Å². The molecule has 0 aromatic rings. The highest BCUT2D eigenvalue weighted by Gasteiger charge is 2.18. The summed E-state index contributed by atoms with van der Waals surface area (Å²) in [7, 11) is 0. The molecule has 0 aliphatic rings. The lowest BCUT2D eigenvalue weighted by molar-refractivity contribution is -0.143. The molecule has 0 aromatic heterocycles. The first-order valence-electron chi connectivity index (χ1n) is 41.4. The van der Waals surface area contributed by atoms with Crippen molar-refractivity contribution in [1.82, 2.24) is 5.32 Å². The monoisotopic (exact) mass is 1280 g/mol. The van der Waals surface area contributed by atoms with Gasteiger partial charge in [-0.2, -0.15) is 0 Å². The molecule has 91 heavy (non-hydrogen) atoms. The van der Waals surface area contributed by atoms with Gasteiger partial charge in [0.2, 0.25) is 5.91 Å². The molecule has 6 nitrogen and oxygen atoms in total. The van der Waals surface area contributed by atoms with Crippen molar-refractivity contribution in [2.45, 2.75) is 469 Å². The number of unbranched alkanes of at least 4 members (excludes halogenated alkanes) is 61. The van der Waals surface area contributed by atoms with E-state index in [0.29, 0.717) is 19.4 Å². The van der Waals surface area contributed by atoms with Crippen molar-refractivity contribution in [3.8, 4) is 0 Å². The topological polar surface area (TPSA) is 95.9 Å². The third kappa shape index (κ3) is 76.7. The molecule has 0 spiro atoms. The number of carbonyl (C=O) groups excluding carboxylic acids is 2. The highest BCUT2D eigenvalue weighted by molar-refractivity contribution is 5.76. The molecule has 3 N–H and O–H groups in total. The van der Waals surface area contributed by atoms with E-state index in [-0.39, 0.29) is 18.5 Å². The molecule has 1 amide bonds. The molecule has 0 saturated heterocycles. The highest BCUT2D eigenvalue weighted by Crippen LogP contribution is 2.20. The first kappa shape index (κ1) is 88.8. The summed E-state index contributed by atoms with van der Waals surface area (Å²) in [5.74, 6) is -0.0416. The lowest BCUT2D eigenvalue weighted by atomic mass is 10.0. The van der Waals surface area contributed by atoms with E-state index in [1.54, 1.807) is 6.08 Å². The summed E-state index contributed by atoms with van der Waals surface area (Å²) < 4.78 is 5.52. The molecule has 0 aliphatic carbocycles. The van der Waals surface area contributed by atoms with Gasteiger partial charge in [0, 0.05) is 12.8 Å². The van der Waals surface area contributed by atoms with Gasteiger partial charge < -0.3 is 20.3 Å². The summed E-state index contributed by atoms with van der Waals surface area (Å²) in [4.78, 5) is 24.6. The largest absolute Gasteiger partial charge is 0.466 e. The third-order valence-electron chi connectivity index (χ3n) is 19.3. The van der Waals surface area contributed by atoms with Crippen molar-refractivity contribution in [1.29, 1.82) is 0 Å². The maximum Gasteiger partial charge on any atom is 0.305 e. The molecule has 0 bridgehead atoms. The van der Waals surface area contributed by atoms with Gasteiger partial charge in [0.15, 0.2) is 0 Å². The lowest BCUT2D eigenvalue weighted by Crippen LogP contribution is -2.45. The Labute approximate surface area is 569 Å². The zero-order chi connectivity index (χ0) is 65.6. The fourth-order valence-electron chi connectivity index (χ4n) is 13.0. The quantitative estimate of drug-likeness (QED) is 0.0320. The Bertz CT molecular complexity index is 1520. The van der Waals surface area contributed by atoms with Crippen molar-refractivity contribution >= 4 is 11.9 Å². The van der Waals surface area contributed by atoms with Gasteiger partial charge in [0.25, 0.3) is 0 Å². The molecule has 0 saturated carbocycles. The van der Waals surface area contributed by atoms with Gasteiger partial charge in [0.1, 0.15) is 0 Å². The number of amides is 1. The summed E-state index contributed by atoms with van der Waals surface area (Å²) in [5.41, 5.74) is 0. The van der Waals surface area contributed by atoms with E-state index in [0.717, 1.165) is 44.9 Å². The summed E-state index contributed by atoms with van der Waals surface area (Å²) in [6.45, 7) is 4.94. The summed E-state index contributed by atoms with van der Waals surface area (Å²) >= 11 is 0. The molecule has 0 fully saturated rings. The standard InChI is InChI=1S/C85H161NO5/c1-3-5-7-9-11-13-15-17-19-21-43-47-51-55-59-63-67-71-75-79-85(90)91-80-76-72-68-64-60-56-52-48-45-42-40-38-36-34-32-30-28-26-24-22-23-25-27-29-31-33-35-37-39-41-44-46-50-54-58-62-66-70-74-78-84(89)86-82(81-87)83(88)77-73-69-65-61-57-53-49-20-18-16-14-12-10-8-6-4-2/h17,19,22-23,26,28,73,77,82-83,87-88H,3-16,18,20-21,24-25,27,29-72,74-76,78-81H2,1-2H3,(H,86,89)/b19-17-,23-22-,28-26-,77-73+. The average Bonchev–Trinajstić information content (AvgIpc) is 3.67. The number of allylic oxidation sites excluding steroid dienone is 7. The molecule has 0 heterocycles. The minimum Gasteiger partial charge on any atom is -0.466 e. The molecular weight excluding hydrogens is 1110 g/mol. The molecule has 6 heteroatoms. The number of hydrogen-bond donors (Lipinski definition) is 3. The van der Waals surface area contributed by atoms with Crippen LogP contribution in [0.1, 0.15) is 457 Å². The van der Waals surface area contributed by atoms with Crippen LogP contribution in [-0.4, -0.2) is 47.4 Å². The second-order valence-corrected chi connectivity index (χ2v) is 28.4. The SMILES string of the molecule is CCCCCCCC/C=C\CCCCCCCCCCCC(=O)OCCCCCCCCCCCCCCCCC/C=C\C/C=C\CCCCCCCCCCCCCCCCCCCC(=O)NC(CO)C(O)/C=C/CCCCCCCCCCCCCCCC. The molecule has 0 aliphatic heterocycles. The van der Waals surface area contributed by atoms with Crippen molar-refractivity contribution in [3.63, 3.8) is 0 Å². The smallest absolute Gasteiger partial charge is 0.305 e.